The summed E-state index contributed by atoms with van der Waals surface area (Å²) in [5, 5.41) is 7.86. The third-order valence-electron chi connectivity index (χ3n) is 5.90. The smallest absolute Gasteiger partial charge is 0.226 e. The van der Waals surface area contributed by atoms with Crippen LogP contribution in [0.2, 0.25) is 0 Å². The maximum atomic E-state index is 15.1. The summed E-state index contributed by atoms with van der Waals surface area (Å²) in [5.74, 6) is 1.06. The Bertz CT molecular complexity index is 1330. The van der Waals surface area contributed by atoms with E-state index in [-0.39, 0.29) is 5.82 Å². The lowest BCUT2D eigenvalue weighted by molar-refractivity contribution is 0.222. The maximum Gasteiger partial charge on any atom is 0.226 e. The van der Waals surface area contributed by atoms with E-state index in [1.54, 1.807) is 16.8 Å². The lowest BCUT2D eigenvalue weighted by atomic mass is 9.84. The lowest BCUT2D eigenvalue weighted by Gasteiger charge is -2.39. The SMILES string of the molecule is Cc1ccc([C@@H]2Oc3ccccc3C3=C2[C@@H](c2ccccc2F)n2ncnc2N3)cc1. The second kappa shape index (κ2) is 6.80. The maximum absolute atomic E-state index is 15.1. The molecule has 0 fully saturated rings. The van der Waals surface area contributed by atoms with Crippen LogP contribution in [-0.4, -0.2) is 14.8 Å². The van der Waals surface area contributed by atoms with E-state index in [2.05, 4.69) is 46.6 Å². The number of benzene rings is 3. The van der Waals surface area contributed by atoms with Gasteiger partial charge in [0.25, 0.3) is 0 Å². The second-order valence-electron chi connectivity index (χ2n) is 7.81. The molecule has 0 aliphatic carbocycles. The van der Waals surface area contributed by atoms with Gasteiger partial charge in [-0.15, -0.1) is 0 Å². The predicted molar refractivity (Wildman–Crippen MR) is 116 cm³/mol. The molecular weight excluding hydrogens is 391 g/mol. The van der Waals surface area contributed by atoms with Gasteiger partial charge in [0.1, 0.15) is 30.0 Å². The third kappa shape index (κ3) is 2.75. The molecule has 2 aliphatic heterocycles. The first-order chi connectivity index (χ1) is 15.2. The number of rotatable bonds is 2. The van der Waals surface area contributed by atoms with Gasteiger partial charge in [-0.25, -0.2) is 9.07 Å². The van der Waals surface area contributed by atoms with E-state index in [0.717, 1.165) is 28.1 Å². The highest BCUT2D eigenvalue weighted by molar-refractivity contribution is 5.85. The van der Waals surface area contributed by atoms with Gasteiger partial charge in [0, 0.05) is 16.7 Å². The first kappa shape index (κ1) is 17.9. The molecule has 0 spiro atoms. The lowest BCUT2D eigenvalue weighted by Crippen LogP contribution is -2.32. The molecule has 6 rings (SSSR count). The predicted octanol–water partition coefficient (Wildman–Crippen LogP) is 5.29. The molecule has 3 heterocycles. The number of nitrogens with one attached hydrogen (secondary N) is 1. The fourth-order valence-electron chi connectivity index (χ4n) is 4.43. The second-order valence-corrected chi connectivity index (χ2v) is 7.81. The number of halogens is 1. The summed E-state index contributed by atoms with van der Waals surface area (Å²) in [5.41, 5.74) is 5.42. The average Bonchev–Trinajstić information content (AvgIpc) is 3.27. The highest BCUT2D eigenvalue weighted by Crippen LogP contribution is 2.50. The molecule has 0 saturated heterocycles. The summed E-state index contributed by atoms with van der Waals surface area (Å²) in [7, 11) is 0. The number of fused-ring (bicyclic) bond motifs is 3. The largest absolute Gasteiger partial charge is 0.480 e. The molecule has 0 bridgehead atoms. The van der Waals surface area contributed by atoms with Crippen molar-refractivity contribution < 1.29 is 9.13 Å². The Hall–Kier alpha value is -3.93. The number of nitrogens with zero attached hydrogens (tertiary/aromatic N) is 3. The number of hydrogen-bond acceptors (Lipinski definition) is 4. The molecule has 4 aromatic rings. The van der Waals surface area contributed by atoms with Crippen molar-refractivity contribution in [1.82, 2.24) is 14.8 Å². The summed E-state index contributed by atoms with van der Waals surface area (Å²) >= 11 is 0. The van der Waals surface area contributed by atoms with Gasteiger partial charge in [-0.1, -0.05) is 60.2 Å². The monoisotopic (exact) mass is 410 g/mol. The van der Waals surface area contributed by atoms with Gasteiger partial charge >= 0.3 is 0 Å². The topological polar surface area (TPSA) is 52.0 Å². The van der Waals surface area contributed by atoms with Crippen LogP contribution < -0.4 is 10.1 Å². The van der Waals surface area contributed by atoms with Crippen molar-refractivity contribution in [3.05, 3.63) is 113 Å². The number of hydrogen-bond donors (Lipinski definition) is 1. The molecule has 0 radical (unpaired) electrons. The normalized spacial score (nSPS) is 19.0. The number of anilines is 1. The molecule has 2 atom stereocenters. The number of aryl methyl sites for hydroxylation is 1. The Morgan fingerprint density at radius 1 is 0.968 bits per heavy atom. The van der Waals surface area contributed by atoms with Crippen molar-refractivity contribution in [3.8, 4) is 5.75 Å². The molecule has 0 unspecified atom stereocenters. The van der Waals surface area contributed by atoms with Crippen LogP contribution in [0.15, 0.2) is 84.7 Å². The Balaban J connectivity index is 1.65. The molecule has 1 N–H and O–H groups in total. The van der Waals surface area contributed by atoms with E-state index in [0.29, 0.717) is 11.5 Å². The molecule has 31 heavy (non-hydrogen) atoms. The van der Waals surface area contributed by atoms with Crippen LogP contribution in [0.25, 0.3) is 5.70 Å². The molecule has 5 nitrogen and oxygen atoms in total. The summed E-state index contributed by atoms with van der Waals surface area (Å²) in [4.78, 5) is 4.38. The zero-order chi connectivity index (χ0) is 20.9. The van der Waals surface area contributed by atoms with E-state index in [1.807, 2.05) is 30.3 Å². The standard InChI is InChI=1S/C25H19FN4O/c1-15-10-12-16(13-11-15)24-21-22(18-7-3-5-9-20(18)31-24)29-25-27-14-28-30(25)23(21)17-6-2-4-8-19(17)26/h2-14,23-24H,1H3,(H,27,28,29)/t23-,24+/m1/s1. The van der Waals surface area contributed by atoms with Gasteiger partial charge in [-0.2, -0.15) is 10.1 Å². The van der Waals surface area contributed by atoms with Gasteiger partial charge in [0.05, 0.1) is 5.70 Å². The van der Waals surface area contributed by atoms with Crippen LogP contribution in [-0.2, 0) is 0 Å². The van der Waals surface area contributed by atoms with Crippen molar-refractivity contribution in [1.29, 1.82) is 0 Å². The van der Waals surface area contributed by atoms with Gasteiger partial charge in [-0.3, -0.25) is 0 Å². The Morgan fingerprint density at radius 2 is 1.74 bits per heavy atom. The first-order valence-electron chi connectivity index (χ1n) is 10.2. The third-order valence-corrected chi connectivity index (χ3v) is 5.90. The van der Waals surface area contributed by atoms with Gasteiger partial charge in [-0.05, 0) is 30.7 Å². The van der Waals surface area contributed by atoms with Crippen LogP contribution in [0, 0.1) is 12.7 Å². The zero-order valence-corrected chi connectivity index (χ0v) is 16.8. The zero-order valence-electron chi connectivity index (χ0n) is 16.8. The summed E-state index contributed by atoms with van der Waals surface area (Å²) < 4.78 is 23.3. The molecular formula is C25H19FN4O. The quantitative estimate of drug-likeness (QED) is 0.488. The van der Waals surface area contributed by atoms with Crippen molar-refractivity contribution in [3.63, 3.8) is 0 Å². The molecule has 3 aromatic carbocycles. The molecule has 1 aromatic heterocycles. The minimum atomic E-state index is -0.491. The Morgan fingerprint density at radius 3 is 2.58 bits per heavy atom. The van der Waals surface area contributed by atoms with Crippen molar-refractivity contribution in [2.75, 3.05) is 5.32 Å². The van der Waals surface area contributed by atoms with Crippen molar-refractivity contribution >= 4 is 11.6 Å². The van der Waals surface area contributed by atoms with E-state index >= 15 is 4.39 Å². The van der Waals surface area contributed by atoms with Crippen LogP contribution >= 0.6 is 0 Å². The van der Waals surface area contributed by atoms with Crippen LogP contribution in [0.4, 0.5) is 10.3 Å². The van der Waals surface area contributed by atoms with Gasteiger partial charge < -0.3 is 10.1 Å². The Labute approximate surface area is 178 Å². The first-order valence-corrected chi connectivity index (χ1v) is 10.2. The summed E-state index contributed by atoms with van der Waals surface area (Å²) in [6.45, 7) is 2.05. The van der Waals surface area contributed by atoms with Crippen molar-refractivity contribution in [2.24, 2.45) is 0 Å². The van der Waals surface area contributed by atoms with Crippen LogP contribution in [0.3, 0.4) is 0 Å². The molecule has 2 aliphatic rings. The van der Waals surface area contributed by atoms with Gasteiger partial charge in [0.15, 0.2) is 0 Å². The van der Waals surface area contributed by atoms with Gasteiger partial charge in [0.2, 0.25) is 5.95 Å². The van der Waals surface area contributed by atoms with Crippen LogP contribution in [0.5, 0.6) is 5.75 Å². The van der Waals surface area contributed by atoms with Crippen molar-refractivity contribution in [2.45, 2.75) is 19.1 Å². The number of aromatic nitrogens is 3. The number of ether oxygens (including phenoxy) is 1. The molecule has 0 saturated carbocycles. The Kier molecular flexibility index (Phi) is 3.93. The molecule has 152 valence electrons. The average molecular weight is 410 g/mol. The minimum absolute atomic E-state index is 0.288. The minimum Gasteiger partial charge on any atom is -0.480 e. The summed E-state index contributed by atoms with van der Waals surface area (Å²) in [6, 6.07) is 22.5. The fourth-order valence-corrected chi connectivity index (χ4v) is 4.43. The molecule has 0 amide bonds. The van der Waals surface area contributed by atoms with E-state index < -0.39 is 12.1 Å². The summed E-state index contributed by atoms with van der Waals surface area (Å²) in [6.07, 6.45) is 1.09. The highest BCUT2D eigenvalue weighted by Gasteiger charge is 2.41. The highest BCUT2D eigenvalue weighted by atomic mass is 19.1. The molecule has 6 heteroatoms. The number of para-hydroxylation sites is 1. The van der Waals surface area contributed by atoms with E-state index in [9.17, 15) is 0 Å². The van der Waals surface area contributed by atoms with Crippen LogP contribution in [0.1, 0.15) is 34.4 Å². The van der Waals surface area contributed by atoms with E-state index in [1.165, 1.54) is 18.0 Å². The fraction of sp³-hybridized carbons (Fsp3) is 0.120. The van der Waals surface area contributed by atoms with E-state index in [4.69, 9.17) is 4.74 Å².